The first-order chi connectivity index (χ1) is 11.6. The lowest BCUT2D eigenvalue weighted by atomic mass is 10.0. The van der Waals surface area contributed by atoms with E-state index in [1.54, 1.807) is 6.20 Å². The molecule has 126 valence electrons. The Balaban J connectivity index is 1.61. The minimum Gasteiger partial charge on any atom is -0.336 e. The Kier molecular flexibility index (Phi) is 5.15. The van der Waals surface area contributed by atoms with E-state index in [0.29, 0.717) is 5.56 Å². The highest BCUT2D eigenvalue weighted by atomic mass is 16.2. The maximum absolute atomic E-state index is 12.8. The zero-order chi connectivity index (χ0) is 16.9. The molecule has 0 aromatic carbocycles. The number of carbonyl (C=O) groups is 1. The highest BCUT2D eigenvalue weighted by Crippen LogP contribution is 2.18. The van der Waals surface area contributed by atoms with Crippen molar-refractivity contribution in [3.63, 3.8) is 0 Å². The van der Waals surface area contributed by atoms with Crippen LogP contribution in [-0.4, -0.2) is 56.8 Å². The van der Waals surface area contributed by atoms with Crippen molar-refractivity contribution in [1.29, 1.82) is 0 Å². The number of hydrogen-bond donors (Lipinski definition) is 0. The lowest BCUT2D eigenvalue weighted by Crippen LogP contribution is -2.48. The average molecular weight is 325 g/mol. The van der Waals surface area contributed by atoms with Crippen molar-refractivity contribution in [2.45, 2.75) is 26.3 Å². The highest BCUT2D eigenvalue weighted by Gasteiger charge is 2.25. The number of carbonyl (C=O) groups excluding carboxylic acids is 1. The van der Waals surface area contributed by atoms with Crippen molar-refractivity contribution in [3.05, 3.63) is 53.9 Å². The van der Waals surface area contributed by atoms with E-state index in [1.807, 2.05) is 43.1 Å². The zero-order valence-corrected chi connectivity index (χ0v) is 14.2. The summed E-state index contributed by atoms with van der Waals surface area (Å²) >= 11 is 0. The predicted octanol–water partition coefficient (Wildman–Crippen LogP) is 1.95. The lowest BCUT2D eigenvalue weighted by Gasteiger charge is -2.34. The zero-order valence-electron chi connectivity index (χ0n) is 14.2. The van der Waals surface area contributed by atoms with Gasteiger partial charge in [0.05, 0.1) is 17.0 Å². The number of hydrogen-bond acceptors (Lipinski definition) is 5. The van der Waals surface area contributed by atoms with Crippen LogP contribution in [0, 0.1) is 0 Å². The minimum absolute atomic E-state index is 0.0387. The SMILES string of the molecule is CC(C)c1ncncc1C(=O)N1CCN(Cc2ccccn2)CC1. The molecule has 1 aliphatic rings. The third kappa shape index (κ3) is 3.76. The largest absolute Gasteiger partial charge is 0.336 e. The summed E-state index contributed by atoms with van der Waals surface area (Å²) in [5.74, 6) is 0.245. The van der Waals surface area contributed by atoms with Gasteiger partial charge in [-0.05, 0) is 18.1 Å². The van der Waals surface area contributed by atoms with Crippen molar-refractivity contribution in [2.75, 3.05) is 26.2 Å². The van der Waals surface area contributed by atoms with Crippen molar-refractivity contribution < 1.29 is 4.79 Å². The van der Waals surface area contributed by atoms with E-state index >= 15 is 0 Å². The van der Waals surface area contributed by atoms with Crippen molar-refractivity contribution in [3.8, 4) is 0 Å². The molecule has 0 unspecified atom stereocenters. The molecule has 0 N–H and O–H groups in total. The van der Waals surface area contributed by atoms with Gasteiger partial charge in [-0.1, -0.05) is 19.9 Å². The maximum Gasteiger partial charge on any atom is 0.257 e. The summed E-state index contributed by atoms with van der Waals surface area (Å²) in [6.45, 7) is 8.07. The minimum atomic E-state index is 0.0387. The molecular weight excluding hydrogens is 302 g/mol. The van der Waals surface area contributed by atoms with E-state index in [9.17, 15) is 4.79 Å². The van der Waals surface area contributed by atoms with Crippen LogP contribution in [0.2, 0.25) is 0 Å². The molecule has 0 radical (unpaired) electrons. The van der Waals surface area contributed by atoms with Gasteiger partial charge >= 0.3 is 0 Å². The van der Waals surface area contributed by atoms with Crippen LogP contribution in [0.25, 0.3) is 0 Å². The molecule has 3 rings (SSSR count). The van der Waals surface area contributed by atoms with E-state index in [-0.39, 0.29) is 11.8 Å². The van der Waals surface area contributed by atoms with Crippen molar-refractivity contribution in [1.82, 2.24) is 24.8 Å². The average Bonchev–Trinajstić information content (AvgIpc) is 2.62. The summed E-state index contributed by atoms with van der Waals surface area (Å²) in [7, 11) is 0. The molecule has 0 saturated carbocycles. The Hall–Kier alpha value is -2.34. The van der Waals surface area contributed by atoms with Crippen LogP contribution in [0.15, 0.2) is 36.9 Å². The molecular formula is C18H23N5O. The van der Waals surface area contributed by atoms with Gasteiger partial charge in [-0.25, -0.2) is 9.97 Å². The Morgan fingerprint density at radius 1 is 1.17 bits per heavy atom. The van der Waals surface area contributed by atoms with Gasteiger partial charge in [0.15, 0.2) is 0 Å². The molecule has 0 atom stereocenters. The normalized spacial score (nSPS) is 15.7. The monoisotopic (exact) mass is 325 g/mol. The first-order valence-corrected chi connectivity index (χ1v) is 8.36. The van der Waals surface area contributed by atoms with Crippen molar-refractivity contribution >= 4 is 5.91 Å². The first-order valence-electron chi connectivity index (χ1n) is 8.36. The molecule has 1 fully saturated rings. The molecule has 2 aromatic rings. The fourth-order valence-corrected chi connectivity index (χ4v) is 2.96. The summed E-state index contributed by atoms with van der Waals surface area (Å²) in [4.78, 5) is 29.7. The molecule has 0 aliphatic carbocycles. The van der Waals surface area contributed by atoms with Crippen LogP contribution in [0.1, 0.15) is 41.5 Å². The Morgan fingerprint density at radius 2 is 1.96 bits per heavy atom. The molecule has 1 aliphatic heterocycles. The Labute approximate surface area is 142 Å². The number of rotatable bonds is 4. The van der Waals surface area contributed by atoms with Crippen LogP contribution >= 0.6 is 0 Å². The predicted molar refractivity (Wildman–Crippen MR) is 91.5 cm³/mol. The van der Waals surface area contributed by atoms with Gasteiger partial charge in [-0.3, -0.25) is 14.7 Å². The topological polar surface area (TPSA) is 62.2 Å². The van der Waals surface area contributed by atoms with Gasteiger partial charge in [-0.15, -0.1) is 0 Å². The van der Waals surface area contributed by atoms with E-state index in [2.05, 4.69) is 19.9 Å². The standard InChI is InChI=1S/C18H23N5O/c1-14(2)17-16(11-19-13-21-17)18(24)23-9-7-22(8-10-23)12-15-5-3-4-6-20-15/h3-6,11,13-14H,7-10,12H2,1-2H3. The Morgan fingerprint density at radius 3 is 2.62 bits per heavy atom. The summed E-state index contributed by atoms with van der Waals surface area (Å²) in [5.41, 5.74) is 2.52. The number of amides is 1. The van der Waals surface area contributed by atoms with E-state index in [0.717, 1.165) is 44.1 Å². The Bertz CT molecular complexity index is 681. The van der Waals surface area contributed by atoms with Gasteiger partial charge in [0.25, 0.3) is 5.91 Å². The molecule has 0 spiro atoms. The fraction of sp³-hybridized carbons (Fsp3) is 0.444. The van der Waals surface area contributed by atoms with Crippen LogP contribution in [0.4, 0.5) is 0 Å². The lowest BCUT2D eigenvalue weighted by molar-refractivity contribution is 0.0624. The second kappa shape index (κ2) is 7.49. The molecule has 6 heteroatoms. The van der Waals surface area contributed by atoms with Crippen LogP contribution in [0.5, 0.6) is 0 Å². The van der Waals surface area contributed by atoms with Crippen molar-refractivity contribution in [2.24, 2.45) is 0 Å². The summed E-state index contributed by atoms with van der Waals surface area (Å²) in [6, 6.07) is 5.97. The summed E-state index contributed by atoms with van der Waals surface area (Å²) < 4.78 is 0. The van der Waals surface area contributed by atoms with Crippen LogP contribution in [-0.2, 0) is 6.54 Å². The summed E-state index contributed by atoms with van der Waals surface area (Å²) in [5, 5.41) is 0. The third-order valence-corrected chi connectivity index (χ3v) is 4.29. The van der Waals surface area contributed by atoms with E-state index < -0.39 is 0 Å². The molecule has 24 heavy (non-hydrogen) atoms. The number of aromatic nitrogens is 3. The van der Waals surface area contributed by atoms with Gasteiger partial charge < -0.3 is 4.90 Å². The van der Waals surface area contributed by atoms with E-state index in [4.69, 9.17) is 0 Å². The number of piperazine rings is 1. The van der Waals surface area contributed by atoms with Gasteiger partial charge in [0, 0.05) is 45.1 Å². The number of pyridine rings is 1. The summed E-state index contributed by atoms with van der Waals surface area (Å²) in [6.07, 6.45) is 4.97. The molecule has 3 heterocycles. The quantitative estimate of drug-likeness (QED) is 0.860. The van der Waals surface area contributed by atoms with Gasteiger partial charge in [-0.2, -0.15) is 0 Å². The molecule has 0 bridgehead atoms. The second-order valence-corrected chi connectivity index (χ2v) is 6.37. The van der Waals surface area contributed by atoms with Gasteiger partial charge in [0.1, 0.15) is 6.33 Å². The van der Waals surface area contributed by atoms with Crippen LogP contribution in [0.3, 0.4) is 0 Å². The smallest absolute Gasteiger partial charge is 0.257 e. The second-order valence-electron chi connectivity index (χ2n) is 6.37. The molecule has 1 saturated heterocycles. The maximum atomic E-state index is 12.8. The molecule has 1 amide bonds. The van der Waals surface area contributed by atoms with Crippen LogP contribution < -0.4 is 0 Å². The first kappa shape index (κ1) is 16.5. The van der Waals surface area contributed by atoms with E-state index in [1.165, 1.54) is 6.33 Å². The third-order valence-electron chi connectivity index (χ3n) is 4.29. The molecule has 6 nitrogen and oxygen atoms in total. The van der Waals surface area contributed by atoms with Gasteiger partial charge in [0.2, 0.25) is 0 Å². The fourth-order valence-electron chi connectivity index (χ4n) is 2.96. The highest BCUT2D eigenvalue weighted by molar-refractivity contribution is 5.95. The number of nitrogens with zero attached hydrogens (tertiary/aromatic N) is 5. The molecule has 2 aromatic heterocycles.